The Kier molecular flexibility index (Phi) is 5.38. The van der Waals surface area contributed by atoms with Gasteiger partial charge in [-0.05, 0) is 46.9 Å². The third kappa shape index (κ3) is 3.54. The number of benzene rings is 2. The lowest BCUT2D eigenvalue weighted by Crippen LogP contribution is -2.56. The molecule has 34 heavy (non-hydrogen) atoms. The summed E-state index contributed by atoms with van der Waals surface area (Å²) in [7, 11) is 0. The zero-order valence-corrected chi connectivity index (χ0v) is 19.5. The van der Waals surface area contributed by atoms with Crippen LogP contribution in [0.4, 0.5) is 4.79 Å². The smallest absolute Gasteiger partial charge is 0.407 e. The maximum absolute atomic E-state index is 13.0. The second-order valence-electron chi connectivity index (χ2n) is 10.3. The molecule has 2 heterocycles. The van der Waals surface area contributed by atoms with Gasteiger partial charge < -0.3 is 20.1 Å². The van der Waals surface area contributed by atoms with Gasteiger partial charge in [-0.2, -0.15) is 0 Å². The number of ether oxygens (including phenoxy) is 1. The number of hydrogen-bond donors (Lipinski definition) is 2. The summed E-state index contributed by atoms with van der Waals surface area (Å²) in [5.41, 5.74) is 3.41. The van der Waals surface area contributed by atoms with E-state index in [0.717, 1.165) is 22.3 Å². The fourth-order valence-electron chi connectivity index (χ4n) is 6.21. The van der Waals surface area contributed by atoms with Gasteiger partial charge in [0.25, 0.3) is 0 Å². The van der Waals surface area contributed by atoms with Crippen molar-refractivity contribution in [2.45, 2.75) is 57.0 Å². The first-order valence-corrected chi connectivity index (χ1v) is 11.9. The number of carboxylic acid groups (broad SMARTS) is 1. The Bertz CT molecular complexity index is 1110. The molecule has 2 N–H and O–H groups in total. The second kappa shape index (κ2) is 8.15. The van der Waals surface area contributed by atoms with Crippen molar-refractivity contribution in [2.24, 2.45) is 5.41 Å². The monoisotopic (exact) mass is 462 g/mol. The van der Waals surface area contributed by atoms with E-state index < -0.39 is 23.6 Å². The molecule has 2 amide bonds. The van der Waals surface area contributed by atoms with E-state index in [0.29, 0.717) is 25.8 Å². The summed E-state index contributed by atoms with van der Waals surface area (Å²) in [6.07, 6.45) is 1.04. The molecule has 2 aliphatic carbocycles. The summed E-state index contributed by atoms with van der Waals surface area (Å²) in [6.45, 7) is 4.57. The molecule has 7 heteroatoms. The molecule has 0 aromatic heterocycles. The lowest BCUT2D eigenvalue weighted by Gasteiger charge is -2.42. The Morgan fingerprint density at radius 3 is 2.24 bits per heavy atom. The highest BCUT2D eigenvalue weighted by molar-refractivity contribution is 5.90. The highest BCUT2D eigenvalue weighted by Gasteiger charge is 2.68. The van der Waals surface area contributed by atoms with Crippen molar-refractivity contribution in [3.63, 3.8) is 0 Å². The van der Waals surface area contributed by atoms with Gasteiger partial charge in [0.1, 0.15) is 12.1 Å². The normalized spacial score (nSPS) is 25.2. The molecule has 3 fully saturated rings. The highest BCUT2D eigenvalue weighted by Crippen LogP contribution is 2.59. The van der Waals surface area contributed by atoms with E-state index in [9.17, 15) is 19.5 Å². The molecule has 178 valence electrons. The molecule has 2 aliphatic heterocycles. The van der Waals surface area contributed by atoms with Crippen molar-refractivity contribution in [1.29, 1.82) is 0 Å². The van der Waals surface area contributed by atoms with Gasteiger partial charge in [-0.25, -0.2) is 9.59 Å². The number of fused-ring (bicyclic) bond motifs is 4. The second-order valence-corrected chi connectivity index (χ2v) is 10.3. The zero-order chi connectivity index (χ0) is 24.1. The maximum Gasteiger partial charge on any atom is 0.407 e. The number of carbonyl (C=O) groups is 3. The van der Waals surface area contributed by atoms with Crippen LogP contribution in [-0.2, 0) is 14.3 Å². The lowest BCUT2D eigenvalue weighted by molar-refractivity contribution is -0.160. The molecule has 2 aromatic carbocycles. The molecule has 0 unspecified atom stereocenters. The third-order valence-corrected chi connectivity index (χ3v) is 7.77. The van der Waals surface area contributed by atoms with Crippen LogP contribution in [0.25, 0.3) is 11.1 Å². The van der Waals surface area contributed by atoms with Crippen LogP contribution in [0.15, 0.2) is 48.5 Å². The number of nitrogens with zero attached hydrogens (tertiary/aromatic N) is 1. The average Bonchev–Trinajstić information content (AvgIpc) is 3.41. The van der Waals surface area contributed by atoms with E-state index in [2.05, 4.69) is 29.6 Å². The number of carboxylic acids is 1. The molecule has 2 aromatic rings. The predicted molar refractivity (Wildman–Crippen MR) is 126 cm³/mol. The molecule has 7 nitrogen and oxygen atoms in total. The lowest BCUT2D eigenvalue weighted by atomic mass is 9.63. The minimum Gasteiger partial charge on any atom is -0.479 e. The highest BCUT2D eigenvalue weighted by atomic mass is 16.5. The summed E-state index contributed by atoms with van der Waals surface area (Å²) in [6, 6.07) is 15.9. The van der Waals surface area contributed by atoms with Crippen LogP contribution < -0.4 is 5.32 Å². The van der Waals surface area contributed by atoms with Crippen molar-refractivity contribution in [2.75, 3.05) is 13.2 Å². The first-order chi connectivity index (χ1) is 16.3. The summed E-state index contributed by atoms with van der Waals surface area (Å²) in [5, 5.41) is 12.5. The van der Waals surface area contributed by atoms with Crippen LogP contribution in [0.1, 0.15) is 56.6 Å². The van der Waals surface area contributed by atoms with E-state index in [1.807, 2.05) is 38.1 Å². The number of aliphatic carboxylic acids is 1. The van der Waals surface area contributed by atoms with Crippen molar-refractivity contribution >= 4 is 18.0 Å². The largest absolute Gasteiger partial charge is 0.479 e. The molecular formula is C27H30N2O5. The molecule has 0 spiro atoms. The molecule has 0 radical (unpaired) electrons. The van der Waals surface area contributed by atoms with Crippen molar-refractivity contribution < 1.29 is 24.2 Å². The van der Waals surface area contributed by atoms with Crippen LogP contribution >= 0.6 is 0 Å². The predicted octanol–water partition coefficient (Wildman–Crippen LogP) is 4.16. The van der Waals surface area contributed by atoms with Crippen LogP contribution in [0.5, 0.6) is 0 Å². The van der Waals surface area contributed by atoms with Crippen molar-refractivity contribution in [3.05, 3.63) is 59.7 Å². The number of amides is 2. The first-order valence-electron chi connectivity index (χ1n) is 11.9. The third-order valence-electron chi connectivity index (χ3n) is 7.77. The van der Waals surface area contributed by atoms with Gasteiger partial charge in [0.2, 0.25) is 5.91 Å². The average molecular weight is 463 g/mol. The number of rotatable bonds is 7. The van der Waals surface area contributed by atoms with Crippen LogP contribution in [0.2, 0.25) is 0 Å². The van der Waals surface area contributed by atoms with Crippen molar-refractivity contribution in [1.82, 2.24) is 10.2 Å². The standard InChI is InChI=1S/C27H30N2O5/c1-3-17(12-23(30)29-16-26(2)14-27(29,15-26)24(31)32)28-25(33)34-13-22-20-10-6-4-8-18(20)19-9-5-7-11-21(19)22/h4-11,17,22H,3,12-16H2,1-2H3,(H,28,33)(H,31,32)/t17-,26?,27?/m1/s1. The molecule has 2 saturated heterocycles. The Balaban J connectivity index is 1.20. The minimum absolute atomic E-state index is 0.0348. The molecule has 1 atom stereocenters. The quantitative estimate of drug-likeness (QED) is 0.644. The topological polar surface area (TPSA) is 95.9 Å². The minimum atomic E-state index is -1.08. The van der Waals surface area contributed by atoms with Crippen LogP contribution in [0.3, 0.4) is 0 Å². The van der Waals surface area contributed by atoms with Crippen molar-refractivity contribution in [3.8, 4) is 11.1 Å². The number of hydrogen-bond acceptors (Lipinski definition) is 4. The number of carbonyl (C=O) groups excluding carboxylic acids is 2. The SMILES string of the molecule is CC[C@H](CC(=O)N1CC2(C)CC1(C(=O)O)C2)NC(=O)OCC1c2ccccc2-c2ccccc21. The van der Waals surface area contributed by atoms with Gasteiger partial charge >= 0.3 is 12.1 Å². The number of nitrogens with one attached hydrogen (secondary N) is 1. The Morgan fingerprint density at radius 2 is 1.68 bits per heavy atom. The van der Waals surface area contributed by atoms with E-state index in [1.165, 1.54) is 4.90 Å². The van der Waals surface area contributed by atoms with Gasteiger partial charge in [0, 0.05) is 24.9 Å². The zero-order valence-electron chi connectivity index (χ0n) is 19.5. The fraction of sp³-hybridized carbons (Fsp3) is 0.444. The Labute approximate surface area is 199 Å². The fourth-order valence-corrected chi connectivity index (χ4v) is 6.21. The van der Waals surface area contributed by atoms with Gasteiger partial charge in [0.05, 0.1) is 0 Å². The van der Waals surface area contributed by atoms with Crippen LogP contribution in [-0.4, -0.2) is 52.7 Å². The molecule has 6 rings (SSSR count). The Morgan fingerprint density at radius 1 is 1.09 bits per heavy atom. The molecular weight excluding hydrogens is 432 g/mol. The van der Waals surface area contributed by atoms with E-state index in [1.54, 1.807) is 0 Å². The molecule has 1 saturated carbocycles. The van der Waals surface area contributed by atoms with Crippen LogP contribution in [0, 0.1) is 5.41 Å². The molecule has 2 bridgehead atoms. The Hall–Kier alpha value is -3.35. The molecule has 4 aliphatic rings. The summed E-state index contributed by atoms with van der Waals surface area (Å²) in [4.78, 5) is 39.0. The first kappa shape index (κ1) is 22.4. The summed E-state index contributed by atoms with van der Waals surface area (Å²) < 4.78 is 5.61. The number of alkyl carbamates (subject to hydrolysis) is 1. The van der Waals surface area contributed by atoms with E-state index >= 15 is 0 Å². The van der Waals surface area contributed by atoms with Gasteiger partial charge in [-0.15, -0.1) is 0 Å². The van der Waals surface area contributed by atoms with Gasteiger partial charge in [-0.3, -0.25) is 4.79 Å². The summed E-state index contributed by atoms with van der Waals surface area (Å²) in [5.74, 6) is -1.20. The summed E-state index contributed by atoms with van der Waals surface area (Å²) >= 11 is 0. The van der Waals surface area contributed by atoms with Gasteiger partial charge in [-0.1, -0.05) is 62.4 Å². The van der Waals surface area contributed by atoms with E-state index in [4.69, 9.17) is 4.74 Å². The van der Waals surface area contributed by atoms with E-state index in [-0.39, 0.29) is 30.3 Å². The maximum atomic E-state index is 13.0. The van der Waals surface area contributed by atoms with Gasteiger partial charge in [0.15, 0.2) is 0 Å².